The third-order valence-corrected chi connectivity index (χ3v) is 3.73. The fraction of sp³-hybridized carbons (Fsp3) is 0.200. The molecule has 19 heavy (non-hydrogen) atoms. The van der Waals surface area contributed by atoms with Gasteiger partial charge in [0.05, 0.1) is 0 Å². The summed E-state index contributed by atoms with van der Waals surface area (Å²) in [5.41, 5.74) is 1.31. The lowest BCUT2D eigenvalue weighted by Crippen LogP contribution is -2.07. The van der Waals surface area contributed by atoms with Gasteiger partial charge in [0.15, 0.2) is 0 Å². The highest BCUT2D eigenvalue weighted by molar-refractivity contribution is 6.31. The third-order valence-electron chi connectivity index (χ3n) is 3.01. The van der Waals surface area contributed by atoms with Gasteiger partial charge >= 0.3 is 0 Å². The zero-order valence-electron chi connectivity index (χ0n) is 10.0. The van der Waals surface area contributed by atoms with E-state index in [-0.39, 0.29) is 5.92 Å². The zero-order chi connectivity index (χ0) is 13.8. The molecule has 0 N–H and O–H groups in total. The van der Waals surface area contributed by atoms with Gasteiger partial charge in [-0.1, -0.05) is 35.9 Å². The minimum Gasteiger partial charge on any atom is -0.207 e. The van der Waals surface area contributed by atoms with Crippen LogP contribution < -0.4 is 0 Å². The summed E-state index contributed by atoms with van der Waals surface area (Å²) in [6.07, 6.45) is 0.388. The van der Waals surface area contributed by atoms with Gasteiger partial charge in [0, 0.05) is 22.9 Å². The van der Waals surface area contributed by atoms with Crippen LogP contribution in [0.5, 0.6) is 0 Å². The Morgan fingerprint density at radius 3 is 2.42 bits per heavy atom. The van der Waals surface area contributed by atoms with Crippen LogP contribution in [0.15, 0.2) is 42.5 Å². The first-order valence-electron chi connectivity index (χ1n) is 5.86. The number of hydrogen-bond donors (Lipinski definition) is 0. The number of alkyl halides is 1. The van der Waals surface area contributed by atoms with Crippen molar-refractivity contribution in [2.75, 3.05) is 5.88 Å². The fourth-order valence-corrected chi connectivity index (χ4v) is 2.57. The van der Waals surface area contributed by atoms with E-state index in [1.807, 2.05) is 18.2 Å². The highest BCUT2D eigenvalue weighted by atomic mass is 35.5. The van der Waals surface area contributed by atoms with Gasteiger partial charge in [0.1, 0.15) is 11.6 Å². The molecule has 0 saturated carbocycles. The summed E-state index contributed by atoms with van der Waals surface area (Å²) in [4.78, 5) is 0. The number of hydrogen-bond acceptors (Lipinski definition) is 0. The first-order chi connectivity index (χ1) is 9.11. The van der Waals surface area contributed by atoms with E-state index in [0.29, 0.717) is 22.9 Å². The average molecular weight is 301 g/mol. The van der Waals surface area contributed by atoms with Gasteiger partial charge in [-0.15, -0.1) is 11.6 Å². The standard InChI is InChI=1S/C15H12Cl2F2/c16-9-11(13-3-1-2-4-14(13)17)7-10-5-6-12(18)8-15(10)19/h1-6,8,11H,7,9H2. The van der Waals surface area contributed by atoms with Crippen LogP contribution in [0.1, 0.15) is 17.0 Å². The van der Waals surface area contributed by atoms with E-state index >= 15 is 0 Å². The first kappa shape index (κ1) is 14.3. The van der Waals surface area contributed by atoms with Gasteiger partial charge in [-0.2, -0.15) is 0 Å². The Hall–Kier alpha value is -1.12. The summed E-state index contributed by atoms with van der Waals surface area (Å²) < 4.78 is 26.5. The molecule has 0 heterocycles. The second-order valence-electron chi connectivity index (χ2n) is 4.31. The molecule has 100 valence electrons. The molecule has 0 bridgehead atoms. The Kier molecular flexibility index (Phi) is 4.78. The normalized spacial score (nSPS) is 12.4. The van der Waals surface area contributed by atoms with Crippen molar-refractivity contribution in [3.05, 3.63) is 70.2 Å². The summed E-state index contributed by atoms with van der Waals surface area (Å²) in [7, 11) is 0. The molecule has 2 aromatic carbocycles. The predicted molar refractivity (Wildman–Crippen MR) is 75.0 cm³/mol. The molecule has 0 radical (unpaired) electrons. The first-order valence-corrected chi connectivity index (χ1v) is 6.77. The van der Waals surface area contributed by atoms with Crippen LogP contribution in [0.2, 0.25) is 5.02 Å². The smallest absolute Gasteiger partial charge is 0.129 e. The summed E-state index contributed by atoms with van der Waals surface area (Å²) in [5.74, 6) is -0.917. The molecule has 0 spiro atoms. The highest BCUT2D eigenvalue weighted by Gasteiger charge is 2.16. The Balaban J connectivity index is 2.27. The highest BCUT2D eigenvalue weighted by Crippen LogP contribution is 2.29. The van der Waals surface area contributed by atoms with Gasteiger partial charge in [-0.25, -0.2) is 8.78 Å². The van der Waals surface area contributed by atoms with Gasteiger partial charge in [0.25, 0.3) is 0 Å². The summed E-state index contributed by atoms with van der Waals surface area (Å²) >= 11 is 12.1. The molecule has 2 rings (SSSR count). The lowest BCUT2D eigenvalue weighted by molar-refractivity contribution is 0.566. The van der Waals surface area contributed by atoms with Crippen molar-refractivity contribution in [2.45, 2.75) is 12.3 Å². The van der Waals surface area contributed by atoms with E-state index in [2.05, 4.69) is 0 Å². The molecule has 0 aliphatic heterocycles. The molecule has 0 aromatic heterocycles. The van der Waals surface area contributed by atoms with Gasteiger partial charge < -0.3 is 0 Å². The van der Waals surface area contributed by atoms with E-state index in [9.17, 15) is 8.78 Å². The third kappa shape index (κ3) is 3.46. The molecule has 0 aliphatic carbocycles. The maximum atomic E-state index is 13.6. The SMILES string of the molecule is Fc1ccc(CC(CCl)c2ccccc2Cl)c(F)c1. The average Bonchev–Trinajstić information content (AvgIpc) is 2.39. The number of rotatable bonds is 4. The quantitative estimate of drug-likeness (QED) is 0.682. The van der Waals surface area contributed by atoms with Crippen molar-refractivity contribution in [1.29, 1.82) is 0 Å². The Bertz CT molecular complexity index is 570. The van der Waals surface area contributed by atoms with Crippen molar-refractivity contribution in [2.24, 2.45) is 0 Å². The van der Waals surface area contributed by atoms with E-state index in [0.717, 1.165) is 11.6 Å². The van der Waals surface area contributed by atoms with Crippen molar-refractivity contribution in [3.63, 3.8) is 0 Å². The Labute approximate surface area is 121 Å². The van der Waals surface area contributed by atoms with E-state index < -0.39 is 11.6 Å². The lowest BCUT2D eigenvalue weighted by atomic mass is 9.93. The van der Waals surface area contributed by atoms with Gasteiger partial charge in [-0.3, -0.25) is 0 Å². The van der Waals surface area contributed by atoms with Crippen LogP contribution in [0.25, 0.3) is 0 Å². The summed E-state index contributed by atoms with van der Waals surface area (Å²) in [6.45, 7) is 0. The molecule has 1 atom stereocenters. The second kappa shape index (κ2) is 6.36. The molecular weight excluding hydrogens is 289 g/mol. The van der Waals surface area contributed by atoms with E-state index in [1.165, 1.54) is 12.1 Å². The Morgan fingerprint density at radius 1 is 1.05 bits per heavy atom. The topological polar surface area (TPSA) is 0 Å². The molecule has 0 saturated heterocycles. The van der Waals surface area contributed by atoms with Crippen molar-refractivity contribution >= 4 is 23.2 Å². The zero-order valence-corrected chi connectivity index (χ0v) is 11.6. The molecule has 0 amide bonds. The summed E-state index contributed by atoms with van der Waals surface area (Å²) in [5, 5.41) is 0.607. The van der Waals surface area contributed by atoms with Crippen LogP contribution >= 0.6 is 23.2 Å². The number of benzene rings is 2. The fourth-order valence-electron chi connectivity index (χ4n) is 2.01. The monoisotopic (exact) mass is 300 g/mol. The van der Waals surface area contributed by atoms with E-state index in [4.69, 9.17) is 23.2 Å². The molecular formula is C15H12Cl2F2. The van der Waals surface area contributed by atoms with Crippen molar-refractivity contribution < 1.29 is 8.78 Å². The summed E-state index contributed by atoms with van der Waals surface area (Å²) in [6, 6.07) is 10.9. The second-order valence-corrected chi connectivity index (χ2v) is 5.03. The van der Waals surface area contributed by atoms with Crippen molar-refractivity contribution in [3.8, 4) is 0 Å². The molecule has 0 aliphatic rings. The molecule has 2 aromatic rings. The van der Waals surface area contributed by atoms with Crippen LogP contribution in [0.4, 0.5) is 8.78 Å². The minimum atomic E-state index is -0.582. The van der Waals surface area contributed by atoms with Gasteiger partial charge in [-0.05, 0) is 29.7 Å². The van der Waals surface area contributed by atoms with Gasteiger partial charge in [0.2, 0.25) is 0 Å². The van der Waals surface area contributed by atoms with Crippen LogP contribution in [-0.4, -0.2) is 5.88 Å². The predicted octanol–water partition coefficient (Wildman–Crippen LogP) is 5.18. The maximum absolute atomic E-state index is 13.6. The van der Waals surface area contributed by atoms with E-state index in [1.54, 1.807) is 6.07 Å². The molecule has 4 heteroatoms. The molecule has 1 unspecified atom stereocenters. The Morgan fingerprint density at radius 2 is 1.79 bits per heavy atom. The lowest BCUT2D eigenvalue weighted by Gasteiger charge is -2.16. The minimum absolute atomic E-state index is 0.102. The van der Waals surface area contributed by atoms with Crippen LogP contribution in [0, 0.1) is 11.6 Å². The molecule has 0 nitrogen and oxygen atoms in total. The molecule has 0 fully saturated rings. The van der Waals surface area contributed by atoms with Crippen LogP contribution in [0.3, 0.4) is 0 Å². The van der Waals surface area contributed by atoms with Crippen molar-refractivity contribution in [1.82, 2.24) is 0 Å². The maximum Gasteiger partial charge on any atom is 0.129 e. The largest absolute Gasteiger partial charge is 0.207 e. The van der Waals surface area contributed by atoms with Crippen LogP contribution in [-0.2, 0) is 6.42 Å². The number of halogens is 4.